The smallest absolute Gasteiger partial charge is 0.496 e. The van der Waals surface area contributed by atoms with Gasteiger partial charge in [0.15, 0.2) is 5.90 Å². The van der Waals surface area contributed by atoms with Crippen molar-refractivity contribution in [2.24, 2.45) is 10.4 Å². The monoisotopic (exact) mass is 573 g/mol. The van der Waals surface area contributed by atoms with E-state index in [-0.39, 0.29) is 28.5 Å². The normalized spacial score (nSPS) is 22.3. The molecule has 2 aliphatic carbocycles. The zero-order valence-corrected chi connectivity index (χ0v) is 21.7. The summed E-state index contributed by atoms with van der Waals surface area (Å²) in [7, 11) is 3.34. The van der Waals surface area contributed by atoms with E-state index in [9.17, 15) is 0 Å². The molecule has 4 rings (SSSR count). The summed E-state index contributed by atoms with van der Waals surface area (Å²) in [6.45, 7) is 7.18. The maximum absolute atomic E-state index is 5.99. The van der Waals surface area contributed by atoms with Crippen molar-refractivity contribution in [3.05, 3.63) is 84.5 Å². The number of benzene rings is 1. The van der Waals surface area contributed by atoms with Gasteiger partial charge in [-0.15, -0.1) is 0 Å². The van der Waals surface area contributed by atoms with Gasteiger partial charge in [-0.25, -0.2) is 4.99 Å². The van der Waals surface area contributed by atoms with Crippen LogP contribution in [0.4, 0.5) is 0 Å². The largest absolute Gasteiger partial charge is 2.00 e. The third kappa shape index (κ3) is 6.54. The second-order valence-corrected chi connectivity index (χ2v) is 9.26. The van der Waals surface area contributed by atoms with Crippen molar-refractivity contribution in [1.29, 1.82) is 0 Å². The summed E-state index contributed by atoms with van der Waals surface area (Å²) < 4.78 is 18.3. The summed E-state index contributed by atoms with van der Waals surface area (Å²) in [6.07, 6.45) is 14.2. The fourth-order valence-electron chi connectivity index (χ4n) is 3.27. The Morgan fingerprint density at radius 1 is 0.968 bits per heavy atom. The average molecular weight is 573 g/mol. The van der Waals surface area contributed by atoms with Crippen molar-refractivity contribution in [3.63, 3.8) is 0 Å². The molecular weight excluding hydrogens is 545 g/mol. The van der Waals surface area contributed by atoms with Crippen LogP contribution in [0.15, 0.2) is 23.2 Å². The van der Waals surface area contributed by atoms with Crippen molar-refractivity contribution < 1.29 is 31.3 Å². The van der Waals surface area contributed by atoms with E-state index in [4.69, 9.17) is 19.2 Å². The number of ether oxygens (including phenoxy) is 3. The van der Waals surface area contributed by atoms with Crippen molar-refractivity contribution in [2.75, 3.05) is 20.8 Å². The van der Waals surface area contributed by atoms with Crippen LogP contribution in [0.2, 0.25) is 0 Å². The Hall–Kier alpha value is -0.461. The molecule has 1 atom stereocenters. The molecule has 0 spiro atoms. The maximum Gasteiger partial charge on any atom is 2.00 e. The predicted octanol–water partition coefficient (Wildman–Crippen LogP) is 5.45. The third-order valence-corrected chi connectivity index (χ3v) is 5.92. The van der Waals surface area contributed by atoms with E-state index in [1.807, 2.05) is 50.3 Å². The van der Waals surface area contributed by atoms with E-state index >= 15 is 0 Å². The van der Waals surface area contributed by atoms with Gasteiger partial charge in [-0.2, -0.15) is 0 Å². The molecule has 2 saturated carbocycles. The molecule has 1 heterocycles. The minimum Gasteiger partial charge on any atom is -0.496 e. The third-order valence-electron chi connectivity index (χ3n) is 5.02. The number of rotatable bonds is 4. The fraction of sp³-hybridized carbons (Fsp3) is 0.320. The number of halogens is 1. The Balaban J connectivity index is 0.000000501. The second kappa shape index (κ2) is 12.1. The number of aliphatic imine (C=N–C) groups is 1. The maximum atomic E-state index is 5.99. The predicted molar refractivity (Wildman–Crippen MR) is 129 cm³/mol. The Kier molecular flexibility index (Phi) is 10.5. The molecule has 3 aliphatic rings. The first-order valence-electron chi connectivity index (χ1n) is 9.91. The van der Waals surface area contributed by atoms with Crippen molar-refractivity contribution in [3.8, 4) is 11.5 Å². The Morgan fingerprint density at radius 3 is 1.97 bits per heavy atom. The molecule has 0 bridgehead atoms. The fourth-order valence-corrected chi connectivity index (χ4v) is 3.97. The zero-order valence-electron chi connectivity index (χ0n) is 18.5. The molecule has 31 heavy (non-hydrogen) atoms. The quantitative estimate of drug-likeness (QED) is 0.356. The van der Waals surface area contributed by atoms with E-state index in [2.05, 4.69) is 56.2 Å². The Bertz CT molecular complexity index is 700. The van der Waals surface area contributed by atoms with Crippen LogP contribution in [-0.4, -0.2) is 32.8 Å². The molecule has 0 saturated heterocycles. The summed E-state index contributed by atoms with van der Waals surface area (Å²) in [4.78, 5) is 4.87. The molecule has 1 aromatic carbocycles. The molecule has 0 unspecified atom stereocenters. The molecule has 6 heteroatoms. The molecular formula is C25H28FeINO3+2. The van der Waals surface area contributed by atoms with Crippen molar-refractivity contribution in [2.45, 2.75) is 26.8 Å². The van der Waals surface area contributed by atoms with Crippen LogP contribution in [-0.2, 0) is 21.8 Å². The van der Waals surface area contributed by atoms with Crippen LogP contribution in [0.1, 0.15) is 26.3 Å². The summed E-state index contributed by atoms with van der Waals surface area (Å²) >= 11 is 2.33. The van der Waals surface area contributed by atoms with E-state index in [1.54, 1.807) is 14.2 Å². The van der Waals surface area contributed by atoms with Gasteiger partial charge in [-0.1, -0.05) is 49.4 Å². The van der Waals surface area contributed by atoms with E-state index < -0.39 is 0 Å². The van der Waals surface area contributed by atoms with E-state index in [0.717, 1.165) is 32.8 Å². The minimum atomic E-state index is 0. The Morgan fingerprint density at radius 2 is 1.52 bits per heavy atom. The van der Waals surface area contributed by atoms with Gasteiger partial charge in [-0.3, -0.25) is 0 Å². The van der Waals surface area contributed by atoms with Crippen LogP contribution in [0.5, 0.6) is 11.5 Å². The van der Waals surface area contributed by atoms with Crippen LogP contribution < -0.4 is 9.47 Å². The molecule has 4 nitrogen and oxygen atoms in total. The topological polar surface area (TPSA) is 40.0 Å². The molecule has 164 valence electrons. The van der Waals surface area contributed by atoms with Gasteiger partial charge in [0.05, 0.1) is 30.1 Å². The van der Waals surface area contributed by atoms with Crippen molar-refractivity contribution in [1.82, 2.24) is 0 Å². The summed E-state index contributed by atoms with van der Waals surface area (Å²) in [5.74, 6) is 4.28. The van der Waals surface area contributed by atoms with Gasteiger partial charge in [0.25, 0.3) is 0 Å². The molecule has 0 amide bonds. The molecule has 0 aromatic heterocycles. The standard InChI is InChI=1S/C20H23INO3.C5H5.Fe/c1-20(2,3)16-11-25-19(22-16)17-12(9-10-13(17)21)18-14(23-4)7-6-8-15(18)24-5;1-2-4-5-3-1;/h6-10,16H,11H2,1-5H3;1-5H;/q;;+2/t16-;;/m1../s1. The van der Waals surface area contributed by atoms with Gasteiger partial charge < -0.3 is 14.2 Å². The van der Waals surface area contributed by atoms with Gasteiger partial charge in [0.1, 0.15) is 18.1 Å². The summed E-state index contributed by atoms with van der Waals surface area (Å²) in [5.41, 5.74) is 0.998. The summed E-state index contributed by atoms with van der Waals surface area (Å²) in [6, 6.07) is 5.96. The molecule has 2 fully saturated rings. The molecule has 10 radical (unpaired) electrons. The molecule has 1 aliphatic heterocycles. The number of methoxy groups -OCH3 is 2. The number of hydrogen-bond donors (Lipinski definition) is 0. The first kappa shape index (κ1) is 26.8. The van der Waals surface area contributed by atoms with E-state index in [1.165, 1.54) is 0 Å². The Labute approximate surface area is 212 Å². The van der Waals surface area contributed by atoms with Gasteiger partial charge in [-0.05, 0) is 62.5 Å². The van der Waals surface area contributed by atoms with Gasteiger partial charge >= 0.3 is 17.1 Å². The zero-order chi connectivity index (χ0) is 21.7. The number of hydrogen-bond acceptors (Lipinski definition) is 4. The molecule has 1 aromatic rings. The minimum absolute atomic E-state index is 0. The van der Waals surface area contributed by atoms with Crippen molar-refractivity contribution >= 4 is 28.5 Å². The van der Waals surface area contributed by atoms with Crippen LogP contribution in [0.25, 0.3) is 0 Å². The van der Waals surface area contributed by atoms with E-state index in [0.29, 0.717) is 12.5 Å². The van der Waals surface area contributed by atoms with Gasteiger partial charge in [0, 0.05) is 11.5 Å². The van der Waals surface area contributed by atoms with Crippen LogP contribution in [0, 0.1) is 66.1 Å². The second-order valence-electron chi connectivity index (χ2n) is 8.10. The summed E-state index contributed by atoms with van der Waals surface area (Å²) in [5, 5.41) is 0. The van der Waals surface area contributed by atoms with Gasteiger partial charge in [0.2, 0.25) is 0 Å². The van der Waals surface area contributed by atoms with Crippen LogP contribution >= 0.6 is 22.6 Å². The number of nitrogens with zero attached hydrogens (tertiary/aromatic N) is 1. The SMILES string of the molecule is COc1cccc(OC)c1[C]1[CH][CH][C](I)[C]1C1=N[C@@H](C(C)(C)C)CO1.[CH]1[CH][CH][CH][CH]1.[Fe+2]. The van der Waals surface area contributed by atoms with Crippen LogP contribution in [0.3, 0.4) is 0 Å². The first-order valence-corrected chi connectivity index (χ1v) is 11.0. The average Bonchev–Trinajstić information content (AvgIpc) is 3.48. The molecule has 0 N–H and O–H groups in total. The first-order chi connectivity index (χ1) is 14.4.